The first kappa shape index (κ1) is 50.1. The van der Waals surface area contributed by atoms with Crippen LogP contribution in [-0.4, -0.2) is 9.13 Å². The zero-order chi connectivity index (χ0) is 56.1. The van der Waals surface area contributed by atoms with Crippen LogP contribution in [0.1, 0.15) is 13.8 Å². The van der Waals surface area contributed by atoms with Gasteiger partial charge in [0.25, 0.3) is 0 Å². The molecule has 3 aromatic heterocycles. The summed E-state index contributed by atoms with van der Waals surface area (Å²) in [6.45, 7) is 4.00. The fourth-order valence-corrected chi connectivity index (χ4v) is 12.6. The van der Waals surface area contributed by atoms with E-state index in [1.165, 1.54) is 54.7 Å². The van der Waals surface area contributed by atoms with Gasteiger partial charge in [-0.05, 0) is 153 Å². The molecular formula is C80H57N3O. The van der Waals surface area contributed by atoms with Gasteiger partial charge in [0.15, 0.2) is 0 Å². The van der Waals surface area contributed by atoms with Gasteiger partial charge in [-0.1, -0.05) is 220 Å². The number of nitrogens with zero attached hydrogens (tertiary/aromatic N) is 3. The highest BCUT2D eigenvalue weighted by Crippen LogP contribution is 2.42. The molecule has 0 aliphatic rings. The summed E-state index contributed by atoms with van der Waals surface area (Å²) in [6.07, 6.45) is 0. The molecule has 4 nitrogen and oxygen atoms in total. The summed E-state index contributed by atoms with van der Waals surface area (Å²) in [7, 11) is 0. The molecule has 3 heterocycles. The van der Waals surface area contributed by atoms with Gasteiger partial charge in [-0.25, -0.2) is 0 Å². The first-order valence-corrected chi connectivity index (χ1v) is 29.1. The van der Waals surface area contributed by atoms with Gasteiger partial charge in [-0.15, -0.1) is 0 Å². The first-order chi connectivity index (χ1) is 41.6. The second-order valence-electron chi connectivity index (χ2n) is 21.3. The summed E-state index contributed by atoms with van der Waals surface area (Å²) >= 11 is 0. The molecule has 16 rings (SSSR count). The smallest absolute Gasteiger partial charge is 0.143 e. The van der Waals surface area contributed by atoms with E-state index in [4.69, 9.17) is 4.42 Å². The fraction of sp³-hybridized carbons (Fsp3) is 0.0250. The molecule has 0 saturated carbocycles. The third kappa shape index (κ3) is 8.71. The third-order valence-electron chi connectivity index (χ3n) is 16.5. The summed E-state index contributed by atoms with van der Waals surface area (Å²) in [6, 6.07) is 112. The standard InChI is InChI=1S/C78H51N3O.C2H6/c1-2-21-61(22-3-1)80-73-30-8-6-26-69(73)70-47-40-59(51-76(70)80)57-18-12-16-55(48-57)52-34-41-62(42-35-52)79(63-43-36-53(37-44-63)56-17-13-20-60(49-56)66-28-15-29-72-71-27-7-11-33-77(71)82-78(66)72)64-45-38-54(39-46-64)58-19-14-23-65(50-58)81-74-31-9-4-24-67(74)68-25-5-10-32-75(68)81;1-2/h1-51H;1-2H3. The average Bonchev–Trinajstić information content (AvgIpc) is 2.66. The normalized spacial score (nSPS) is 11.5. The lowest BCUT2D eigenvalue weighted by atomic mass is 9.97. The molecule has 0 spiro atoms. The molecular weight excluding hydrogens is 1020 g/mol. The van der Waals surface area contributed by atoms with Crippen LogP contribution in [0.25, 0.3) is 133 Å². The Morgan fingerprint density at radius 3 is 1.20 bits per heavy atom. The van der Waals surface area contributed by atoms with Gasteiger partial charge in [0.2, 0.25) is 0 Å². The van der Waals surface area contributed by atoms with Crippen molar-refractivity contribution >= 4 is 82.6 Å². The van der Waals surface area contributed by atoms with E-state index < -0.39 is 0 Å². The molecule has 0 fully saturated rings. The molecule has 0 aliphatic heterocycles. The number of aromatic nitrogens is 2. The Bertz CT molecular complexity index is 5030. The molecule has 16 aromatic rings. The van der Waals surface area contributed by atoms with Crippen molar-refractivity contribution in [2.45, 2.75) is 13.8 Å². The largest absolute Gasteiger partial charge is 0.455 e. The summed E-state index contributed by atoms with van der Waals surface area (Å²) in [5.41, 5.74) is 23.5. The van der Waals surface area contributed by atoms with Crippen LogP contribution in [0.15, 0.2) is 314 Å². The predicted octanol–water partition coefficient (Wildman–Crippen LogP) is 22.6. The molecule has 398 valence electrons. The van der Waals surface area contributed by atoms with Crippen LogP contribution in [-0.2, 0) is 0 Å². The van der Waals surface area contributed by atoms with Crippen molar-refractivity contribution in [3.63, 3.8) is 0 Å². The summed E-state index contributed by atoms with van der Waals surface area (Å²) in [4.78, 5) is 2.36. The predicted molar refractivity (Wildman–Crippen MR) is 356 cm³/mol. The zero-order valence-electron chi connectivity index (χ0n) is 46.7. The van der Waals surface area contributed by atoms with Crippen LogP contribution in [0.4, 0.5) is 17.1 Å². The number of hydrogen-bond donors (Lipinski definition) is 0. The van der Waals surface area contributed by atoms with Gasteiger partial charge in [0.1, 0.15) is 11.2 Å². The first-order valence-electron chi connectivity index (χ1n) is 29.1. The highest BCUT2D eigenvalue weighted by molar-refractivity contribution is 6.12. The fourth-order valence-electron chi connectivity index (χ4n) is 12.6. The van der Waals surface area contributed by atoms with Crippen LogP contribution < -0.4 is 4.90 Å². The molecule has 0 atom stereocenters. The van der Waals surface area contributed by atoms with E-state index in [2.05, 4.69) is 311 Å². The molecule has 0 radical (unpaired) electrons. The van der Waals surface area contributed by atoms with Gasteiger partial charge in [-0.2, -0.15) is 0 Å². The quantitative estimate of drug-likeness (QED) is 0.136. The monoisotopic (exact) mass is 1080 g/mol. The molecule has 84 heavy (non-hydrogen) atoms. The van der Waals surface area contributed by atoms with E-state index in [-0.39, 0.29) is 0 Å². The number of benzene rings is 13. The number of anilines is 3. The molecule has 4 heteroatoms. The van der Waals surface area contributed by atoms with Crippen LogP contribution in [0.2, 0.25) is 0 Å². The molecule has 0 N–H and O–H groups in total. The average molecular weight is 1080 g/mol. The second kappa shape index (κ2) is 21.2. The maximum absolute atomic E-state index is 6.48. The van der Waals surface area contributed by atoms with E-state index >= 15 is 0 Å². The number of furan rings is 1. The second-order valence-corrected chi connectivity index (χ2v) is 21.3. The molecule has 0 aliphatic carbocycles. The Hall–Kier alpha value is -10.9. The van der Waals surface area contributed by atoms with Gasteiger partial charge < -0.3 is 18.5 Å². The Balaban J connectivity index is 0.00000297. The molecule has 13 aromatic carbocycles. The topological polar surface area (TPSA) is 26.2 Å². The number of fused-ring (bicyclic) bond motifs is 9. The van der Waals surface area contributed by atoms with Crippen LogP contribution in [0.5, 0.6) is 0 Å². The van der Waals surface area contributed by atoms with Crippen molar-refractivity contribution in [2.75, 3.05) is 4.90 Å². The third-order valence-corrected chi connectivity index (χ3v) is 16.5. The molecule has 0 amide bonds. The minimum Gasteiger partial charge on any atom is -0.455 e. The lowest BCUT2D eigenvalue weighted by Gasteiger charge is -2.26. The Morgan fingerprint density at radius 1 is 0.250 bits per heavy atom. The molecule has 0 bridgehead atoms. The highest BCUT2D eigenvalue weighted by Gasteiger charge is 2.19. The zero-order valence-corrected chi connectivity index (χ0v) is 46.7. The minimum atomic E-state index is 0.901. The van der Waals surface area contributed by atoms with E-state index in [9.17, 15) is 0 Å². The van der Waals surface area contributed by atoms with E-state index in [0.717, 1.165) is 94.9 Å². The maximum Gasteiger partial charge on any atom is 0.143 e. The summed E-state index contributed by atoms with van der Waals surface area (Å²) in [5.74, 6) is 0. The van der Waals surface area contributed by atoms with Crippen molar-refractivity contribution in [2.24, 2.45) is 0 Å². The van der Waals surface area contributed by atoms with Crippen molar-refractivity contribution < 1.29 is 4.42 Å². The maximum atomic E-state index is 6.48. The molecule has 0 saturated heterocycles. The van der Waals surface area contributed by atoms with E-state index in [0.29, 0.717) is 0 Å². The number of para-hydroxylation sites is 6. The van der Waals surface area contributed by atoms with Crippen LogP contribution in [0, 0.1) is 0 Å². The lowest BCUT2D eigenvalue weighted by molar-refractivity contribution is 0.670. The lowest BCUT2D eigenvalue weighted by Crippen LogP contribution is -2.09. The van der Waals surface area contributed by atoms with Crippen LogP contribution >= 0.6 is 0 Å². The Labute approximate surface area is 488 Å². The Kier molecular flexibility index (Phi) is 12.6. The summed E-state index contributed by atoms with van der Waals surface area (Å²) < 4.78 is 11.3. The highest BCUT2D eigenvalue weighted by atomic mass is 16.3. The van der Waals surface area contributed by atoms with Crippen molar-refractivity contribution in [3.05, 3.63) is 309 Å². The van der Waals surface area contributed by atoms with Crippen molar-refractivity contribution in [1.29, 1.82) is 0 Å². The minimum absolute atomic E-state index is 0.901. The van der Waals surface area contributed by atoms with E-state index in [1.807, 2.05) is 26.0 Å². The number of rotatable bonds is 10. The van der Waals surface area contributed by atoms with Gasteiger partial charge in [0, 0.05) is 66.3 Å². The van der Waals surface area contributed by atoms with Crippen molar-refractivity contribution in [3.8, 4) is 67.0 Å². The van der Waals surface area contributed by atoms with Gasteiger partial charge in [-0.3, -0.25) is 0 Å². The van der Waals surface area contributed by atoms with Crippen molar-refractivity contribution in [1.82, 2.24) is 9.13 Å². The van der Waals surface area contributed by atoms with Gasteiger partial charge >= 0.3 is 0 Å². The SMILES string of the molecule is CC.c1ccc(-n2c3ccccc3c3ccc(-c4cccc(-c5ccc(N(c6ccc(-c7cccc(-c8cccc9c8oc8ccccc89)c7)cc6)c6ccc(-c7cccc(-n8c9ccccc9c9ccccc98)c7)cc6)cc5)c4)cc32)cc1. The molecule has 0 unspecified atom stereocenters. The number of hydrogen-bond acceptors (Lipinski definition) is 2. The summed E-state index contributed by atoms with van der Waals surface area (Å²) in [5, 5.41) is 7.27. The van der Waals surface area contributed by atoms with Crippen LogP contribution in [0.3, 0.4) is 0 Å². The Morgan fingerprint density at radius 2 is 0.631 bits per heavy atom. The van der Waals surface area contributed by atoms with E-state index in [1.54, 1.807) is 0 Å². The van der Waals surface area contributed by atoms with Gasteiger partial charge in [0.05, 0.1) is 22.1 Å².